The van der Waals surface area contributed by atoms with Gasteiger partial charge in [0.2, 0.25) is 5.91 Å². The molecule has 0 N–H and O–H groups in total. The van der Waals surface area contributed by atoms with Crippen LogP contribution < -0.4 is 0 Å². The van der Waals surface area contributed by atoms with Gasteiger partial charge in [0.1, 0.15) is 5.41 Å². The van der Waals surface area contributed by atoms with Crippen LogP contribution in [0.25, 0.3) is 0 Å². The summed E-state index contributed by atoms with van der Waals surface area (Å²) in [5.74, 6) is -0.360. The Morgan fingerprint density at radius 1 is 1.11 bits per heavy atom. The second kappa shape index (κ2) is 6.93. The zero-order valence-corrected chi connectivity index (χ0v) is 16.5. The van der Waals surface area contributed by atoms with Crippen LogP contribution in [0.2, 0.25) is 0 Å². The van der Waals surface area contributed by atoms with E-state index in [1.807, 2.05) is 67.3 Å². The summed E-state index contributed by atoms with van der Waals surface area (Å²) in [5.41, 5.74) is 3.47. The van der Waals surface area contributed by atoms with E-state index in [4.69, 9.17) is 4.74 Å². The topological polar surface area (TPSA) is 46.6 Å². The zero-order chi connectivity index (χ0) is 19.9. The molecule has 2 aromatic carbocycles. The van der Waals surface area contributed by atoms with Crippen molar-refractivity contribution < 1.29 is 14.3 Å². The van der Waals surface area contributed by atoms with Gasteiger partial charge in [0.05, 0.1) is 12.6 Å². The van der Waals surface area contributed by atoms with Crippen molar-refractivity contribution in [2.75, 3.05) is 6.61 Å². The second-order valence-corrected chi connectivity index (χ2v) is 7.67. The van der Waals surface area contributed by atoms with Crippen molar-refractivity contribution in [1.82, 2.24) is 4.90 Å². The minimum Gasteiger partial charge on any atom is -0.465 e. The lowest BCUT2D eigenvalue weighted by atomic mass is 9.90. The molecule has 1 aliphatic heterocycles. The van der Waals surface area contributed by atoms with Gasteiger partial charge in [-0.2, -0.15) is 0 Å². The molecule has 3 unspecified atom stereocenters. The Hall–Kier alpha value is -2.88. The number of hydrogen-bond donors (Lipinski definition) is 0. The number of esters is 1. The predicted octanol–water partition coefficient (Wildman–Crippen LogP) is 3.70. The third kappa shape index (κ3) is 2.75. The fourth-order valence-electron chi connectivity index (χ4n) is 4.45. The van der Waals surface area contributed by atoms with E-state index in [2.05, 4.69) is 13.0 Å². The van der Waals surface area contributed by atoms with E-state index >= 15 is 0 Å². The molecule has 1 heterocycles. The number of carbonyl (C=O) groups excluding carboxylic acids is 2. The van der Waals surface area contributed by atoms with Crippen LogP contribution in [-0.2, 0) is 26.3 Å². The van der Waals surface area contributed by atoms with Gasteiger partial charge in [-0.25, -0.2) is 0 Å². The SMILES string of the molecule is CCOC(=O)C1(c2ccc(C)c(C)c2)C2C=CC(=O)N(Cc3ccccc3)C21. The molecule has 0 aromatic heterocycles. The number of rotatable bonds is 5. The first-order valence-corrected chi connectivity index (χ1v) is 9.77. The summed E-state index contributed by atoms with van der Waals surface area (Å²) in [6.45, 7) is 6.73. The number of hydrogen-bond acceptors (Lipinski definition) is 3. The van der Waals surface area contributed by atoms with Crippen LogP contribution >= 0.6 is 0 Å². The highest BCUT2D eigenvalue weighted by Gasteiger charge is 2.74. The minimum atomic E-state index is -0.827. The summed E-state index contributed by atoms with van der Waals surface area (Å²) in [6.07, 6.45) is 3.49. The Morgan fingerprint density at radius 3 is 2.54 bits per heavy atom. The number of nitrogens with zero attached hydrogens (tertiary/aromatic N) is 1. The summed E-state index contributed by atoms with van der Waals surface area (Å²) < 4.78 is 5.51. The van der Waals surface area contributed by atoms with Gasteiger partial charge in [-0.15, -0.1) is 0 Å². The molecule has 0 radical (unpaired) electrons. The van der Waals surface area contributed by atoms with Gasteiger partial charge in [0.15, 0.2) is 0 Å². The van der Waals surface area contributed by atoms with Crippen molar-refractivity contribution in [3.05, 3.63) is 82.9 Å². The molecule has 4 rings (SSSR count). The van der Waals surface area contributed by atoms with Gasteiger partial charge in [0.25, 0.3) is 0 Å². The molecule has 0 bridgehead atoms. The van der Waals surface area contributed by atoms with E-state index < -0.39 is 5.41 Å². The van der Waals surface area contributed by atoms with Crippen LogP contribution in [0.5, 0.6) is 0 Å². The maximum atomic E-state index is 13.2. The van der Waals surface area contributed by atoms with Crippen LogP contribution in [0.4, 0.5) is 0 Å². The lowest BCUT2D eigenvalue weighted by molar-refractivity contribution is -0.147. The molecule has 144 valence electrons. The minimum absolute atomic E-state index is 0.0555. The molecule has 0 saturated heterocycles. The third-order valence-electron chi connectivity index (χ3n) is 6.08. The Labute approximate surface area is 165 Å². The summed E-state index contributed by atoms with van der Waals surface area (Å²) in [5, 5.41) is 0. The van der Waals surface area contributed by atoms with Crippen LogP contribution in [0.1, 0.15) is 29.2 Å². The number of carbonyl (C=O) groups is 2. The summed E-state index contributed by atoms with van der Waals surface area (Å²) >= 11 is 0. The fourth-order valence-corrected chi connectivity index (χ4v) is 4.45. The molecule has 28 heavy (non-hydrogen) atoms. The predicted molar refractivity (Wildman–Crippen MR) is 108 cm³/mol. The van der Waals surface area contributed by atoms with Crippen molar-refractivity contribution >= 4 is 11.9 Å². The van der Waals surface area contributed by atoms with E-state index in [0.717, 1.165) is 16.7 Å². The third-order valence-corrected chi connectivity index (χ3v) is 6.08. The number of ether oxygens (including phenoxy) is 1. The maximum absolute atomic E-state index is 13.2. The van der Waals surface area contributed by atoms with Crippen molar-refractivity contribution in [2.24, 2.45) is 5.92 Å². The zero-order valence-electron chi connectivity index (χ0n) is 16.5. The normalized spacial score (nSPS) is 25.4. The largest absolute Gasteiger partial charge is 0.465 e. The average Bonchev–Trinajstić information content (AvgIpc) is 3.37. The van der Waals surface area contributed by atoms with Crippen LogP contribution in [0.15, 0.2) is 60.7 Å². The molecule has 4 heteroatoms. The summed E-state index contributed by atoms with van der Waals surface area (Å²) in [6, 6.07) is 15.8. The highest BCUT2D eigenvalue weighted by Crippen LogP contribution is 2.60. The fraction of sp³-hybridized carbons (Fsp3) is 0.333. The first-order valence-electron chi connectivity index (χ1n) is 9.77. The molecule has 3 atom stereocenters. The highest BCUT2D eigenvalue weighted by molar-refractivity contribution is 5.97. The second-order valence-electron chi connectivity index (χ2n) is 7.67. The standard InChI is InChI=1S/C24H25NO3/c1-4-28-23(27)24(19-11-10-16(2)17(3)14-19)20-12-13-21(26)25(22(20)24)15-18-8-6-5-7-9-18/h5-14,20,22H,4,15H2,1-3H3. The van der Waals surface area contributed by atoms with Crippen molar-refractivity contribution in [2.45, 2.75) is 38.8 Å². The average molecular weight is 375 g/mol. The number of benzene rings is 2. The number of fused-ring (bicyclic) bond motifs is 1. The lowest BCUT2D eigenvalue weighted by Gasteiger charge is -2.26. The van der Waals surface area contributed by atoms with Gasteiger partial charge in [-0.1, -0.05) is 54.6 Å². The molecule has 1 fully saturated rings. The number of aryl methyl sites for hydroxylation is 2. The van der Waals surface area contributed by atoms with Crippen LogP contribution in [0, 0.1) is 19.8 Å². The van der Waals surface area contributed by atoms with E-state index in [9.17, 15) is 9.59 Å². The summed E-state index contributed by atoms with van der Waals surface area (Å²) in [7, 11) is 0. The first-order chi connectivity index (χ1) is 13.5. The molecule has 2 aliphatic rings. The quantitative estimate of drug-likeness (QED) is 0.749. The van der Waals surface area contributed by atoms with Gasteiger partial charge >= 0.3 is 5.97 Å². The van der Waals surface area contributed by atoms with Gasteiger partial charge in [0, 0.05) is 12.5 Å². The van der Waals surface area contributed by atoms with E-state index in [-0.39, 0.29) is 23.8 Å². The molecule has 1 aliphatic carbocycles. The Kier molecular flexibility index (Phi) is 4.58. The molecule has 1 saturated carbocycles. The van der Waals surface area contributed by atoms with E-state index in [1.165, 1.54) is 5.56 Å². The van der Waals surface area contributed by atoms with Crippen molar-refractivity contribution in [1.29, 1.82) is 0 Å². The smallest absolute Gasteiger partial charge is 0.319 e. The Balaban J connectivity index is 1.77. The van der Waals surface area contributed by atoms with Crippen LogP contribution in [-0.4, -0.2) is 29.4 Å². The Morgan fingerprint density at radius 2 is 1.86 bits per heavy atom. The highest BCUT2D eigenvalue weighted by atomic mass is 16.5. The molecule has 2 aromatic rings. The van der Waals surface area contributed by atoms with Gasteiger partial charge in [-0.05, 0) is 49.1 Å². The van der Waals surface area contributed by atoms with E-state index in [0.29, 0.717) is 13.2 Å². The molecule has 0 spiro atoms. The van der Waals surface area contributed by atoms with Crippen molar-refractivity contribution in [3.8, 4) is 0 Å². The first kappa shape index (κ1) is 18.5. The molecular formula is C24H25NO3. The van der Waals surface area contributed by atoms with Crippen LogP contribution in [0.3, 0.4) is 0 Å². The molecular weight excluding hydrogens is 350 g/mol. The lowest BCUT2D eigenvalue weighted by Crippen LogP contribution is -2.39. The van der Waals surface area contributed by atoms with Gasteiger partial charge < -0.3 is 9.64 Å². The summed E-state index contributed by atoms with van der Waals surface area (Å²) in [4.78, 5) is 27.8. The number of amides is 1. The Bertz CT molecular complexity index is 950. The maximum Gasteiger partial charge on any atom is 0.319 e. The van der Waals surface area contributed by atoms with Gasteiger partial charge in [-0.3, -0.25) is 9.59 Å². The van der Waals surface area contributed by atoms with Crippen molar-refractivity contribution in [3.63, 3.8) is 0 Å². The molecule has 1 amide bonds. The van der Waals surface area contributed by atoms with E-state index in [1.54, 1.807) is 6.08 Å². The monoisotopic (exact) mass is 375 g/mol. The molecule has 4 nitrogen and oxygen atoms in total.